The maximum Gasteiger partial charge on any atom is 0.233 e. The average molecular weight is 301 g/mol. The van der Waals surface area contributed by atoms with E-state index >= 15 is 0 Å². The molecule has 1 unspecified atom stereocenters. The normalized spacial score (nSPS) is 22.4. The van der Waals surface area contributed by atoms with E-state index in [1.165, 1.54) is 0 Å². The van der Waals surface area contributed by atoms with Crippen molar-refractivity contribution in [3.8, 4) is 11.5 Å². The molecule has 0 saturated heterocycles. The molecule has 2 aliphatic rings. The van der Waals surface area contributed by atoms with Gasteiger partial charge in [0.2, 0.25) is 5.89 Å². The third-order valence-corrected chi connectivity index (χ3v) is 4.66. The number of nitrogens with zero attached hydrogens (tertiary/aromatic N) is 2. The Balaban J connectivity index is 1.57. The number of hydrogen-bond donors (Lipinski definition) is 1. The van der Waals surface area contributed by atoms with Gasteiger partial charge in [-0.1, -0.05) is 5.16 Å². The fourth-order valence-electron chi connectivity index (χ4n) is 3.04. The van der Waals surface area contributed by atoms with Gasteiger partial charge in [0.15, 0.2) is 5.82 Å². The van der Waals surface area contributed by atoms with Crippen LogP contribution in [0, 0.1) is 0 Å². The predicted molar refractivity (Wildman–Crippen MR) is 78.9 cm³/mol. The van der Waals surface area contributed by atoms with Crippen molar-refractivity contribution in [1.29, 1.82) is 0 Å². The topological polar surface area (TPSA) is 83.4 Å². The van der Waals surface area contributed by atoms with Crippen LogP contribution >= 0.6 is 0 Å². The van der Waals surface area contributed by atoms with Gasteiger partial charge < -0.3 is 19.7 Å². The van der Waals surface area contributed by atoms with E-state index < -0.39 is 5.54 Å². The summed E-state index contributed by atoms with van der Waals surface area (Å²) in [6.45, 7) is 0.540. The van der Waals surface area contributed by atoms with Crippen LogP contribution < -0.4 is 15.2 Å². The lowest BCUT2D eigenvalue weighted by Gasteiger charge is -2.34. The Morgan fingerprint density at radius 1 is 1.36 bits per heavy atom. The van der Waals surface area contributed by atoms with Gasteiger partial charge in [0, 0.05) is 0 Å². The van der Waals surface area contributed by atoms with E-state index in [0.29, 0.717) is 18.3 Å². The summed E-state index contributed by atoms with van der Waals surface area (Å²) in [5.41, 5.74) is 6.96. The molecule has 4 rings (SSSR count). The number of aromatic nitrogens is 2. The van der Waals surface area contributed by atoms with Crippen molar-refractivity contribution in [1.82, 2.24) is 10.1 Å². The fourth-order valence-corrected chi connectivity index (χ4v) is 3.04. The summed E-state index contributed by atoms with van der Waals surface area (Å²) in [6, 6.07) is 5.83. The number of ether oxygens (including phenoxy) is 2. The molecular weight excluding hydrogens is 282 g/mol. The molecule has 1 aromatic carbocycles. The molecule has 22 heavy (non-hydrogen) atoms. The third-order valence-electron chi connectivity index (χ3n) is 4.66. The first-order chi connectivity index (χ1) is 10.7. The average Bonchev–Trinajstić information content (AvgIpc) is 3.01. The maximum absolute atomic E-state index is 6.25. The number of rotatable bonds is 3. The van der Waals surface area contributed by atoms with Gasteiger partial charge in [-0.25, -0.2) is 0 Å². The Kier molecular flexibility index (Phi) is 3.07. The van der Waals surface area contributed by atoms with E-state index in [-0.39, 0.29) is 5.92 Å². The second-order valence-electron chi connectivity index (χ2n) is 6.15. The number of fused-ring (bicyclic) bond motifs is 1. The van der Waals surface area contributed by atoms with E-state index in [1.54, 1.807) is 7.11 Å². The predicted octanol–water partition coefficient (Wildman–Crippen LogP) is 2.13. The lowest BCUT2D eigenvalue weighted by atomic mass is 9.77. The van der Waals surface area contributed by atoms with Gasteiger partial charge in [0.1, 0.15) is 18.1 Å². The zero-order valence-corrected chi connectivity index (χ0v) is 12.5. The van der Waals surface area contributed by atoms with Crippen LogP contribution in [0.4, 0.5) is 0 Å². The highest BCUT2D eigenvalue weighted by atomic mass is 16.5. The highest BCUT2D eigenvalue weighted by Crippen LogP contribution is 2.38. The van der Waals surface area contributed by atoms with Gasteiger partial charge >= 0.3 is 0 Å². The molecule has 2 N–H and O–H groups in total. The van der Waals surface area contributed by atoms with E-state index in [4.69, 9.17) is 19.7 Å². The van der Waals surface area contributed by atoms with Crippen molar-refractivity contribution in [2.24, 2.45) is 5.73 Å². The highest BCUT2D eigenvalue weighted by molar-refractivity contribution is 5.42. The van der Waals surface area contributed by atoms with Crippen LogP contribution in [0.1, 0.15) is 42.5 Å². The SMILES string of the molecule is COc1ccc2c(c1)CC(c1nc(C3(N)CCC3)no1)CO2. The third kappa shape index (κ3) is 2.14. The van der Waals surface area contributed by atoms with Gasteiger partial charge in [-0.2, -0.15) is 4.98 Å². The first-order valence-electron chi connectivity index (χ1n) is 7.61. The molecule has 1 saturated carbocycles. The standard InChI is InChI=1S/C16H19N3O3/c1-20-12-3-4-13-10(8-12)7-11(9-21-13)14-18-15(19-22-14)16(17)5-2-6-16/h3-4,8,11H,2,5-7,9,17H2,1H3. The van der Waals surface area contributed by atoms with E-state index in [0.717, 1.165) is 42.7 Å². The molecule has 0 bridgehead atoms. The monoisotopic (exact) mass is 301 g/mol. The summed E-state index contributed by atoms with van der Waals surface area (Å²) < 4.78 is 16.5. The van der Waals surface area contributed by atoms with Crippen LogP contribution in [0.3, 0.4) is 0 Å². The van der Waals surface area contributed by atoms with Crippen LogP contribution in [0.5, 0.6) is 11.5 Å². The Bertz CT molecular complexity index is 694. The second-order valence-corrected chi connectivity index (χ2v) is 6.15. The van der Waals surface area contributed by atoms with Crippen LogP contribution in [-0.4, -0.2) is 23.9 Å². The lowest BCUT2D eigenvalue weighted by Crippen LogP contribution is -2.44. The first kappa shape index (κ1) is 13.6. The summed E-state index contributed by atoms with van der Waals surface area (Å²) >= 11 is 0. The largest absolute Gasteiger partial charge is 0.497 e. The molecule has 0 spiro atoms. The van der Waals surface area contributed by atoms with Crippen LogP contribution in [0.25, 0.3) is 0 Å². The number of methoxy groups -OCH3 is 1. The summed E-state index contributed by atoms with van der Waals surface area (Å²) in [6.07, 6.45) is 3.77. The molecule has 6 heteroatoms. The van der Waals surface area contributed by atoms with E-state index in [1.807, 2.05) is 18.2 Å². The molecule has 0 amide bonds. The summed E-state index contributed by atoms with van der Waals surface area (Å²) in [5.74, 6) is 3.02. The molecular formula is C16H19N3O3. The Morgan fingerprint density at radius 2 is 2.23 bits per heavy atom. The Morgan fingerprint density at radius 3 is 2.95 bits per heavy atom. The quantitative estimate of drug-likeness (QED) is 0.935. The van der Waals surface area contributed by atoms with Crippen molar-refractivity contribution >= 4 is 0 Å². The number of hydrogen-bond acceptors (Lipinski definition) is 6. The summed E-state index contributed by atoms with van der Waals surface area (Å²) in [7, 11) is 1.66. The summed E-state index contributed by atoms with van der Waals surface area (Å²) in [5, 5.41) is 4.08. The van der Waals surface area contributed by atoms with Crippen LogP contribution in [0.2, 0.25) is 0 Å². The zero-order valence-electron chi connectivity index (χ0n) is 12.5. The van der Waals surface area contributed by atoms with Crippen molar-refractivity contribution in [3.63, 3.8) is 0 Å². The Hall–Kier alpha value is -2.08. The molecule has 1 atom stereocenters. The lowest BCUT2D eigenvalue weighted by molar-refractivity contribution is 0.220. The molecule has 1 fully saturated rings. The van der Waals surface area contributed by atoms with Crippen molar-refractivity contribution in [3.05, 3.63) is 35.5 Å². The first-order valence-corrected chi connectivity index (χ1v) is 7.61. The fraction of sp³-hybridized carbons (Fsp3) is 0.500. The second kappa shape index (κ2) is 4.98. The summed E-state index contributed by atoms with van der Waals surface area (Å²) in [4.78, 5) is 4.53. The zero-order chi connectivity index (χ0) is 15.2. The van der Waals surface area contributed by atoms with Crippen molar-refractivity contribution in [2.75, 3.05) is 13.7 Å². The smallest absolute Gasteiger partial charge is 0.233 e. The Labute approximate surface area is 128 Å². The number of benzene rings is 1. The molecule has 2 heterocycles. The van der Waals surface area contributed by atoms with Gasteiger partial charge in [-0.15, -0.1) is 0 Å². The highest BCUT2D eigenvalue weighted by Gasteiger charge is 2.39. The van der Waals surface area contributed by atoms with E-state index in [9.17, 15) is 0 Å². The molecule has 2 aromatic rings. The molecule has 1 aromatic heterocycles. The van der Waals surface area contributed by atoms with Crippen LogP contribution in [0.15, 0.2) is 22.7 Å². The van der Waals surface area contributed by atoms with Gasteiger partial charge in [0.25, 0.3) is 0 Å². The van der Waals surface area contributed by atoms with Gasteiger partial charge in [-0.05, 0) is 49.4 Å². The molecule has 1 aliphatic carbocycles. The molecule has 0 radical (unpaired) electrons. The van der Waals surface area contributed by atoms with Crippen molar-refractivity contribution in [2.45, 2.75) is 37.1 Å². The molecule has 116 valence electrons. The van der Waals surface area contributed by atoms with Crippen LogP contribution in [-0.2, 0) is 12.0 Å². The minimum Gasteiger partial charge on any atom is -0.497 e. The molecule has 6 nitrogen and oxygen atoms in total. The minimum absolute atomic E-state index is 0.0598. The maximum atomic E-state index is 6.25. The van der Waals surface area contributed by atoms with Crippen molar-refractivity contribution < 1.29 is 14.0 Å². The van der Waals surface area contributed by atoms with E-state index in [2.05, 4.69) is 10.1 Å². The van der Waals surface area contributed by atoms with Gasteiger partial charge in [0.05, 0.1) is 18.6 Å². The van der Waals surface area contributed by atoms with Gasteiger partial charge in [-0.3, -0.25) is 0 Å². The molecule has 1 aliphatic heterocycles. The number of nitrogens with two attached hydrogens (primary N) is 1. The minimum atomic E-state index is -0.390.